The van der Waals surface area contributed by atoms with Crippen molar-refractivity contribution in [2.45, 2.75) is 0 Å². The van der Waals surface area contributed by atoms with Crippen molar-refractivity contribution >= 4 is 35.1 Å². The summed E-state index contributed by atoms with van der Waals surface area (Å²) in [6, 6.07) is 14.3. The molecule has 2 aromatic rings. The molecule has 90 valence electrons. The lowest BCUT2D eigenvalue weighted by Crippen LogP contribution is -1.92. The number of carbonyl (C=O) groups excluding carboxylic acids is 1. The molecule has 0 N–H and O–H groups in total. The van der Waals surface area contributed by atoms with Gasteiger partial charge < -0.3 is 0 Å². The molecular weight excluding hydrogens is 267 g/mol. The lowest BCUT2D eigenvalue weighted by molar-refractivity contribution is 0.104. The highest BCUT2D eigenvalue weighted by Gasteiger charge is 2.03. The molecule has 0 amide bonds. The van der Waals surface area contributed by atoms with Crippen LogP contribution in [-0.4, -0.2) is 5.78 Å². The minimum absolute atomic E-state index is 0.0772. The number of rotatable bonds is 3. The maximum absolute atomic E-state index is 11.9. The molecule has 2 aromatic carbocycles. The second-order valence-corrected chi connectivity index (χ2v) is 4.51. The Kier molecular flexibility index (Phi) is 4.19. The van der Waals surface area contributed by atoms with Crippen LogP contribution in [0.15, 0.2) is 54.6 Å². The lowest BCUT2D eigenvalue weighted by atomic mass is 10.1. The maximum atomic E-state index is 11.9. The summed E-state index contributed by atoms with van der Waals surface area (Å²) in [6.07, 6.45) is 3.11. The van der Waals surface area contributed by atoms with Gasteiger partial charge in [-0.25, -0.2) is 0 Å². The van der Waals surface area contributed by atoms with Gasteiger partial charge in [-0.15, -0.1) is 0 Å². The summed E-state index contributed by atoms with van der Waals surface area (Å²) in [5, 5.41) is 1.05. The van der Waals surface area contributed by atoms with Gasteiger partial charge in [0, 0.05) is 21.2 Å². The molecule has 2 rings (SSSR count). The molecule has 0 aliphatic carbocycles. The van der Waals surface area contributed by atoms with Gasteiger partial charge in [-0.1, -0.05) is 59.6 Å². The molecule has 0 unspecified atom stereocenters. The lowest BCUT2D eigenvalue weighted by Gasteiger charge is -2.00. The second-order valence-electron chi connectivity index (χ2n) is 3.70. The number of carbonyl (C=O) groups is 1. The summed E-state index contributed by atoms with van der Waals surface area (Å²) < 4.78 is 0. The third kappa shape index (κ3) is 3.00. The summed E-state index contributed by atoms with van der Waals surface area (Å²) in [5.41, 5.74) is 1.29. The van der Waals surface area contributed by atoms with E-state index in [2.05, 4.69) is 0 Å². The van der Waals surface area contributed by atoms with Gasteiger partial charge in [-0.2, -0.15) is 0 Å². The molecular formula is C15H10Cl2O. The maximum Gasteiger partial charge on any atom is 0.185 e. The molecule has 0 fully saturated rings. The van der Waals surface area contributed by atoms with Crippen LogP contribution in [0.25, 0.3) is 6.08 Å². The Bertz CT molecular complexity index is 568. The van der Waals surface area contributed by atoms with Crippen LogP contribution in [0, 0.1) is 0 Å². The number of allylic oxidation sites excluding steroid dienone is 1. The van der Waals surface area contributed by atoms with Crippen molar-refractivity contribution in [1.29, 1.82) is 0 Å². The molecule has 0 aliphatic heterocycles. The summed E-state index contributed by atoms with van der Waals surface area (Å²) >= 11 is 12.0. The Balaban J connectivity index is 2.24. The quantitative estimate of drug-likeness (QED) is 0.576. The van der Waals surface area contributed by atoms with Gasteiger partial charge in [0.05, 0.1) is 0 Å². The smallest absolute Gasteiger partial charge is 0.185 e. The number of hydrogen-bond acceptors (Lipinski definition) is 1. The second kappa shape index (κ2) is 5.85. The van der Waals surface area contributed by atoms with Crippen molar-refractivity contribution in [3.8, 4) is 0 Å². The normalized spacial score (nSPS) is 10.8. The Hall–Kier alpha value is -1.57. The zero-order valence-electron chi connectivity index (χ0n) is 9.44. The van der Waals surface area contributed by atoms with Gasteiger partial charge in [-0.05, 0) is 24.3 Å². The highest BCUT2D eigenvalue weighted by molar-refractivity contribution is 6.37. The van der Waals surface area contributed by atoms with Crippen molar-refractivity contribution in [2.24, 2.45) is 0 Å². The molecule has 0 spiro atoms. The van der Waals surface area contributed by atoms with E-state index in [0.29, 0.717) is 21.2 Å². The molecule has 3 heteroatoms. The largest absolute Gasteiger partial charge is 0.289 e. The van der Waals surface area contributed by atoms with Crippen molar-refractivity contribution < 1.29 is 4.79 Å². The number of benzene rings is 2. The van der Waals surface area contributed by atoms with Crippen LogP contribution in [-0.2, 0) is 0 Å². The molecule has 18 heavy (non-hydrogen) atoms. The van der Waals surface area contributed by atoms with Gasteiger partial charge in [0.25, 0.3) is 0 Å². The topological polar surface area (TPSA) is 17.1 Å². The molecule has 0 heterocycles. The fourth-order valence-corrected chi connectivity index (χ4v) is 2.05. The van der Waals surface area contributed by atoms with Crippen molar-refractivity contribution in [3.05, 3.63) is 75.8 Å². The average Bonchev–Trinajstić information content (AvgIpc) is 2.39. The number of halogens is 2. The van der Waals surface area contributed by atoms with Crippen LogP contribution >= 0.6 is 23.2 Å². The Labute approximate surface area is 116 Å². The first-order valence-electron chi connectivity index (χ1n) is 5.40. The SMILES string of the molecule is O=C(/C=C\c1c(Cl)cccc1Cl)c1ccccc1. The van der Waals surface area contributed by atoms with E-state index in [0.717, 1.165) is 0 Å². The molecule has 1 nitrogen and oxygen atoms in total. The van der Waals surface area contributed by atoms with E-state index < -0.39 is 0 Å². The van der Waals surface area contributed by atoms with Crippen LogP contribution in [0.3, 0.4) is 0 Å². The molecule has 0 atom stereocenters. The Morgan fingerprint density at radius 1 is 0.889 bits per heavy atom. The van der Waals surface area contributed by atoms with E-state index in [1.165, 1.54) is 6.08 Å². The number of hydrogen-bond donors (Lipinski definition) is 0. The van der Waals surface area contributed by atoms with Gasteiger partial charge >= 0.3 is 0 Å². The summed E-state index contributed by atoms with van der Waals surface area (Å²) in [6.45, 7) is 0. The molecule has 0 saturated carbocycles. The first-order chi connectivity index (χ1) is 8.68. The van der Waals surface area contributed by atoms with Crippen molar-refractivity contribution in [2.75, 3.05) is 0 Å². The van der Waals surface area contributed by atoms with Gasteiger partial charge in [0.1, 0.15) is 0 Å². The zero-order valence-corrected chi connectivity index (χ0v) is 10.9. The van der Waals surface area contributed by atoms with E-state index in [1.54, 1.807) is 36.4 Å². The van der Waals surface area contributed by atoms with Gasteiger partial charge in [0.2, 0.25) is 0 Å². The highest BCUT2D eigenvalue weighted by atomic mass is 35.5. The molecule has 0 aliphatic rings. The third-order valence-electron chi connectivity index (χ3n) is 2.46. The van der Waals surface area contributed by atoms with Crippen LogP contribution in [0.5, 0.6) is 0 Å². The summed E-state index contributed by atoms with van der Waals surface area (Å²) in [7, 11) is 0. The van der Waals surface area contributed by atoms with E-state index in [1.807, 2.05) is 18.2 Å². The van der Waals surface area contributed by atoms with Crippen LogP contribution in [0.2, 0.25) is 10.0 Å². The Morgan fingerprint density at radius 3 is 2.11 bits per heavy atom. The number of ketones is 1. The molecule has 0 bridgehead atoms. The minimum atomic E-state index is -0.0772. The predicted octanol–water partition coefficient (Wildman–Crippen LogP) is 4.89. The van der Waals surface area contributed by atoms with Crippen molar-refractivity contribution in [1.82, 2.24) is 0 Å². The Morgan fingerprint density at radius 2 is 1.50 bits per heavy atom. The highest BCUT2D eigenvalue weighted by Crippen LogP contribution is 2.25. The fraction of sp³-hybridized carbons (Fsp3) is 0. The van der Waals surface area contributed by atoms with Crippen LogP contribution < -0.4 is 0 Å². The van der Waals surface area contributed by atoms with Crippen molar-refractivity contribution in [3.63, 3.8) is 0 Å². The third-order valence-corrected chi connectivity index (χ3v) is 3.12. The van der Waals surface area contributed by atoms with E-state index in [9.17, 15) is 4.79 Å². The standard InChI is InChI=1S/C15H10Cl2O/c16-13-7-4-8-14(17)12(13)9-10-15(18)11-5-2-1-3-6-11/h1-10H/b10-9-. The molecule has 0 aromatic heterocycles. The van der Waals surface area contributed by atoms with Gasteiger partial charge in [0.15, 0.2) is 5.78 Å². The summed E-state index contributed by atoms with van der Waals surface area (Å²) in [5.74, 6) is -0.0772. The fourth-order valence-electron chi connectivity index (χ4n) is 1.53. The first-order valence-corrected chi connectivity index (χ1v) is 6.15. The average molecular weight is 277 g/mol. The van der Waals surface area contributed by atoms with Gasteiger partial charge in [-0.3, -0.25) is 4.79 Å². The van der Waals surface area contributed by atoms with E-state index in [-0.39, 0.29) is 5.78 Å². The van der Waals surface area contributed by atoms with Crippen LogP contribution in [0.4, 0.5) is 0 Å². The monoisotopic (exact) mass is 276 g/mol. The molecule has 0 radical (unpaired) electrons. The minimum Gasteiger partial charge on any atom is -0.289 e. The first kappa shape index (κ1) is 12.9. The zero-order chi connectivity index (χ0) is 13.0. The van der Waals surface area contributed by atoms with E-state index >= 15 is 0 Å². The summed E-state index contributed by atoms with van der Waals surface area (Å²) in [4.78, 5) is 11.9. The van der Waals surface area contributed by atoms with Crippen LogP contribution in [0.1, 0.15) is 15.9 Å². The van der Waals surface area contributed by atoms with E-state index in [4.69, 9.17) is 23.2 Å². The predicted molar refractivity (Wildman–Crippen MR) is 76.3 cm³/mol. The molecule has 0 saturated heterocycles.